The fraction of sp³-hybridized carbons (Fsp3) is 0.857. The lowest BCUT2D eigenvalue weighted by molar-refractivity contribution is 0.601. The maximum absolute atomic E-state index is 10.7. The minimum Gasteiger partial charge on any atom is -0.387 e. The van der Waals surface area contributed by atoms with Crippen LogP contribution in [0.4, 0.5) is 0 Å². The van der Waals surface area contributed by atoms with E-state index in [2.05, 4.69) is 4.99 Å². The third kappa shape index (κ3) is 7.53. The number of nitrogens with zero attached hydrogens (tertiary/aromatic N) is 1. The number of nitrogens with two attached hydrogens (primary N) is 1. The normalized spacial score (nSPS) is 13.3. The van der Waals surface area contributed by atoms with Gasteiger partial charge in [-0.15, -0.1) is 0 Å². The Kier molecular flexibility index (Phi) is 4.89. The topological polar surface area (TPSA) is 72.5 Å². The highest BCUT2D eigenvalue weighted by molar-refractivity contribution is 7.90. The molecule has 12 heavy (non-hydrogen) atoms. The number of aliphatic imine (C=N–C) groups is 1. The van der Waals surface area contributed by atoms with Gasteiger partial charge in [-0.3, -0.25) is 4.99 Å². The van der Waals surface area contributed by atoms with E-state index in [0.29, 0.717) is 5.84 Å². The van der Waals surface area contributed by atoms with Crippen LogP contribution in [0.15, 0.2) is 4.99 Å². The second-order valence-corrected chi connectivity index (χ2v) is 5.01. The molecule has 0 rings (SSSR count). The molecule has 0 aromatic rings. The zero-order valence-corrected chi connectivity index (χ0v) is 8.39. The molecule has 0 aromatic carbocycles. The van der Waals surface area contributed by atoms with Gasteiger partial charge >= 0.3 is 0 Å². The van der Waals surface area contributed by atoms with Gasteiger partial charge in [0.2, 0.25) is 0 Å². The molecule has 0 heterocycles. The summed E-state index contributed by atoms with van der Waals surface area (Å²) in [5, 5.41) is 0. The van der Waals surface area contributed by atoms with Gasteiger partial charge in [0.1, 0.15) is 9.84 Å². The predicted molar refractivity (Wildman–Crippen MR) is 51.1 cm³/mol. The van der Waals surface area contributed by atoms with E-state index in [-0.39, 0.29) is 12.3 Å². The minimum absolute atomic E-state index is 0.0808. The average molecular weight is 192 g/mol. The third-order valence-corrected chi connectivity index (χ3v) is 2.21. The van der Waals surface area contributed by atoms with Gasteiger partial charge in [-0.25, -0.2) is 8.42 Å². The van der Waals surface area contributed by atoms with Crippen molar-refractivity contribution in [2.45, 2.75) is 19.8 Å². The van der Waals surface area contributed by atoms with Crippen LogP contribution in [0.3, 0.4) is 0 Å². The van der Waals surface area contributed by atoms with Crippen LogP contribution >= 0.6 is 0 Å². The van der Waals surface area contributed by atoms with Gasteiger partial charge in [-0.05, 0) is 6.42 Å². The number of hydrogen-bond donors (Lipinski definition) is 1. The van der Waals surface area contributed by atoms with Crippen LogP contribution in [0.1, 0.15) is 19.8 Å². The maximum atomic E-state index is 10.7. The molecule has 5 heteroatoms. The largest absolute Gasteiger partial charge is 0.387 e. The molecule has 0 aliphatic carbocycles. The average Bonchev–Trinajstić information content (AvgIpc) is 1.84. The third-order valence-electron chi connectivity index (χ3n) is 1.28. The summed E-state index contributed by atoms with van der Waals surface area (Å²) in [5.74, 6) is 0.623. The summed E-state index contributed by atoms with van der Waals surface area (Å²) in [5.41, 5.74) is 5.47. The molecule has 4 nitrogen and oxygen atoms in total. The first-order valence-electron chi connectivity index (χ1n) is 3.92. The van der Waals surface area contributed by atoms with Crippen LogP contribution in [-0.2, 0) is 9.84 Å². The van der Waals surface area contributed by atoms with Crippen molar-refractivity contribution < 1.29 is 8.42 Å². The van der Waals surface area contributed by atoms with Gasteiger partial charge in [-0.2, -0.15) is 0 Å². The molecule has 0 radical (unpaired) electrons. The maximum Gasteiger partial charge on any atom is 0.149 e. The predicted octanol–water partition coefficient (Wildman–Crippen LogP) is 0.188. The molecule has 2 N–H and O–H groups in total. The standard InChI is InChI=1S/C7H16N2O2S/c1-3-4-7(8)9-5-6-12(2,10)11/h3-6H2,1-2H3,(H2,8,9). The van der Waals surface area contributed by atoms with Crippen LogP contribution < -0.4 is 5.73 Å². The van der Waals surface area contributed by atoms with Crippen molar-refractivity contribution in [3.05, 3.63) is 0 Å². The van der Waals surface area contributed by atoms with Crippen molar-refractivity contribution >= 4 is 15.7 Å². The molecule has 0 bridgehead atoms. The van der Waals surface area contributed by atoms with Gasteiger partial charge in [0.05, 0.1) is 18.1 Å². The highest BCUT2D eigenvalue weighted by atomic mass is 32.2. The summed E-state index contributed by atoms with van der Waals surface area (Å²) in [7, 11) is -2.90. The molecule has 72 valence electrons. The monoisotopic (exact) mass is 192 g/mol. The summed E-state index contributed by atoms with van der Waals surface area (Å²) < 4.78 is 21.3. The van der Waals surface area contributed by atoms with Crippen LogP contribution in [0.2, 0.25) is 0 Å². The van der Waals surface area contributed by atoms with Crippen LogP contribution in [0, 0.1) is 0 Å². The Balaban J connectivity index is 3.75. The van der Waals surface area contributed by atoms with Crippen LogP contribution in [-0.4, -0.2) is 32.8 Å². The highest BCUT2D eigenvalue weighted by Gasteiger charge is 1.99. The Morgan fingerprint density at radius 2 is 2.08 bits per heavy atom. The SMILES string of the molecule is CCCC(N)=NCCS(C)(=O)=O. The van der Waals surface area contributed by atoms with Crippen molar-refractivity contribution in [3.63, 3.8) is 0 Å². The fourth-order valence-electron chi connectivity index (χ4n) is 0.690. The Hall–Kier alpha value is -0.580. The Labute approximate surface area is 73.8 Å². The van der Waals surface area contributed by atoms with E-state index >= 15 is 0 Å². The molecule has 0 atom stereocenters. The molecule has 0 amide bonds. The van der Waals surface area contributed by atoms with Gasteiger partial charge < -0.3 is 5.73 Å². The minimum atomic E-state index is -2.90. The van der Waals surface area contributed by atoms with E-state index in [9.17, 15) is 8.42 Å². The molecule has 0 aliphatic heterocycles. The molecule has 0 unspecified atom stereocenters. The van der Waals surface area contributed by atoms with Crippen molar-refractivity contribution in [2.75, 3.05) is 18.6 Å². The molecule has 0 fully saturated rings. The smallest absolute Gasteiger partial charge is 0.149 e. The van der Waals surface area contributed by atoms with Gasteiger partial charge in [-0.1, -0.05) is 6.92 Å². The first-order valence-corrected chi connectivity index (χ1v) is 5.98. The summed E-state index contributed by atoms with van der Waals surface area (Å²) in [4.78, 5) is 3.91. The molecular weight excluding hydrogens is 176 g/mol. The number of hydrogen-bond acceptors (Lipinski definition) is 3. The van der Waals surface area contributed by atoms with Crippen molar-refractivity contribution in [1.29, 1.82) is 0 Å². The van der Waals surface area contributed by atoms with Crippen LogP contribution in [0.5, 0.6) is 0 Å². The molecule has 0 saturated heterocycles. The molecule has 0 spiro atoms. The second kappa shape index (κ2) is 5.13. The number of rotatable bonds is 5. The van der Waals surface area contributed by atoms with Crippen molar-refractivity contribution in [2.24, 2.45) is 10.7 Å². The molecule has 0 aromatic heterocycles. The molecule has 0 aliphatic rings. The van der Waals surface area contributed by atoms with Gasteiger partial charge in [0.25, 0.3) is 0 Å². The first kappa shape index (κ1) is 11.4. The lowest BCUT2D eigenvalue weighted by Gasteiger charge is -1.97. The van der Waals surface area contributed by atoms with Crippen molar-refractivity contribution in [1.82, 2.24) is 0 Å². The summed E-state index contributed by atoms with van der Waals surface area (Å²) in [6.45, 7) is 2.28. The van der Waals surface area contributed by atoms with Gasteiger partial charge in [0, 0.05) is 12.7 Å². The van der Waals surface area contributed by atoms with E-state index in [4.69, 9.17) is 5.73 Å². The fourth-order valence-corrected chi connectivity index (χ4v) is 1.11. The van der Waals surface area contributed by atoms with E-state index in [1.807, 2.05) is 6.92 Å². The lowest BCUT2D eigenvalue weighted by atomic mass is 10.3. The quantitative estimate of drug-likeness (QED) is 0.499. The molecular formula is C7H16N2O2S. The lowest BCUT2D eigenvalue weighted by Crippen LogP contribution is -2.14. The Morgan fingerprint density at radius 1 is 1.50 bits per heavy atom. The number of sulfone groups is 1. The Bertz CT molecular complexity index is 244. The zero-order valence-electron chi connectivity index (χ0n) is 7.58. The summed E-state index contributed by atoms with van der Waals surface area (Å²) >= 11 is 0. The van der Waals surface area contributed by atoms with E-state index in [1.54, 1.807) is 0 Å². The van der Waals surface area contributed by atoms with Gasteiger partial charge in [0.15, 0.2) is 0 Å². The zero-order chi connectivity index (χ0) is 9.61. The van der Waals surface area contributed by atoms with E-state index in [1.165, 1.54) is 6.26 Å². The summed E-state index contributed by atoms with van der Waals surface area (Å²) in [6.07, 6.45) is 2.87. The summed E-state index contributed by atoms with van der Waals surface area (Å²) in [6, 6.07) is 0. The first-order chi connectivity index (χ1) is 5.45. The molecule has 0 saturated carbocycles. The van der Waals surface area contributed by atoms with E-state index < -0.39 is 9.84 Å². The second-order valence-electron chi connectivity index (χ2n) is 2.75. The van der Waals surface area contributed by atoms with E-state index in [0.717, 1.165) is 12.8 Å². The number of amidine groups is 1. The van der Waals surface area contributed by atoms with Crippen LogP contribution in [0.25, 0.3) is 0 Å². The highest BCUT2D eigenvalue weighted by Crippen LogP contribution is 1.88. The Morgan fingerprint density at radius 3 is 2.50 bits per heavy atom. The van der Waals surface area contributed by atoms with Crippen molar-refractivity contribution in [3.8, 4) is 0 Å².